The lowest BCUT2D eigenvalue weighted by molar-refractivity contribution is 0.149. The maximum Gasteiger partial charge on any atom is 0.347 e. The first kappa shape index (κ1) is 20.6. The van der Waals surface area contributed by atoms with Gasteiger partial charge in [0.2, 0.25) is 0 Å². The van der Waals surface area contributed by atoms with Crippen LogP contribution in [0.25, 0.3) is 0 Å². The monoisotopic (exact) mass is 317 g/mol. The van der Waals surface area contributed by atoms with E-state index in [0.29, 0.717) is 0 Å². The van der Waals surface area contributed by atoms with Gasteiger partial charge in [-0.05, 0) is 55.4 Å². The van der Waals surface area contributed by atoms with Crippen LogP contribution in [0.1, 0.15) is 61.8 Å². The number of hydrogen-bond acceptors (Lipinski definition) is 3. The molecule has 0 amide bonds. The van der Waals surface area contributed by atoms with E-state index in [1.54, 1.807) is 0 Å². The Balaban J connectivity index is 5.74. The smallest absolute Gasteiger partial charge is 0.305 e. The fourth-order valence-corrected chi connectivity index (χ4v) is 5.99. The molecule has 5 nitrogen and oxygen atoms in total. The van der Waals surface area contributed by atoms with Crippen LogP contribution in [0.2, 0.25) is 0 Å². The zero-order valence-corrected chi connectivity index (χ0v) is 15.7. The van der Waals surface area contributed by atoms with Crippen LogP contribution >= 0.6 is 7.67 Å². The third kappa shape index (κ3) is 5.38. The van der Waals surface area contributed by atoms with Gasteiger partial charge < -0.3 is 4.52 Å². The maximum absolute atomic E-state index is 13.8. The molecule has 0 aliphatic rings. The summed E-state index contributed by atoms with van der Waals surface area (Å²) in [4.78, 5) is 0. The van der Waals surface area contributed by atoms with Crippen LogP contribution in [0.3, 0.4) is 0 Å². The van der Waals surface area contributed by atoms with Gasteiger partial charge >= 0.3 is 7.67 Å². The Kier molecular flexibility index (Phi) is 8.73. The average Bonchev–Trinajstić information content (AvgIpc) is 2.26. The van der Waals surface area contributed by atoms with E-state index in [0.717, 1.165) is 0 Å². The van der Waals surface area contributed by atoms with E-state index in [1.807, 2.05) is 64.7 Å². The molecular formula is C15H32N3O2P. The van der Waals surface area contributed by atoms with Crippen molar-refractivity contribution < 1.29 is 9.09 Å². The molecule has 0 spiro atoms. The van der Waals surface area contributed by atoms with Gasteiger partial charge in [-0.15, -0.1) is 0 Å². The van der Waals surface area contributed by atoms with Crippen molar-refractivity contribution in [2.75, 3.05) is 6.61 Å². The van der Waals surface area contributed by atoms with Crippen LogP contribution in [0.5, 0.6) is 0 Å². The molecule has 0 aromatic carbocycles. The van der Waals surface area contributed by atoms with Gasteiger partial charge in [0.1, 0.15) is 0 Å². The summed E-state index contributed by atoms with van der Waals surface area (Å²) in [7, 11) is -3.18. The van der Waals surface area contributed by atoms with Crippen LogP contribution in [0, 0.1) is 11.3 Å². The molecular weight excluding hydrogens is 285 g/mol. The second-order valence-electron chi connectivity index (χ2n) is 6.37. The van der Waals surface area contributed by atoms with E-state index in [4.69, 9.17) is 9.79 Å². The number of nitrogens with zero attached hydrogens (tertiary/aromatic N) is 3. The molecule has 6 heteroatoms. The van der Waals surface area contributed by atoms with Crippen molar-refractivity contribution >= 4 is 7.67 Å². The Hall–Kier alpha value is -0.400. The highest BCUT2D eigenvalue weighted by atomic mass is 31.2. The minimum absolute atomic E-state index is 0.0953. The van der Waals surface area contributed by atoms with Crippen molar-refractivity contribution in [3.05, 3.63) is 0 Å². The molecule has 0 saturated carbocycles. The minimum Gasteiger partial charge on any atom is -0.305 e. The van der Waals surface area contributed by atoms with E-state index in [-0.39, 0.29) is 37.2 Å². The van der Waals surface area contributed by atoms with Crippen LogP contribution in [-0.4, -0.2) is 40.1 Å². The Morgan fingerprint density at radius 3 is 1.48 bits per heavy atom. The highest BCUT2D eigenvalue weighted by molar-refractivity contribution is 7.54. The van der Waals surface area contributed by atoms with E-state index < -0.39 is 7.67 Å². The van der Waals surface area contributed by atoms with Crippen molar-refractivity contribution in [2.45, 2.75) is 86.0 Å². The van der Waals surface area contributed by atoms with Crippen LogP contribution in [0.15, 0.2) is 0 Å². The highest BCUT2D eigenvalue weighted by Crippen LogP contribution is 2.58. The Morgan fingerprint density at radius 1 is 0.905 bits per heavy atom. The number of nitriles is 1. The zero-order chi connectivity index (χ0) is 16.8. The molecule has 0 fully saturated rings. The molecule has 0 unspecified atom stereocenters. The molecule has 0 aromatic heterocycles. The second kappa shape index (κ2) is 8.90. The van der Waals surface area contributed by atoms with Crippen molar-refractivity contribution in [3.63, 3.8) is 0 Å². The lowest BCUT2D eigenvalue weighted by Gasteiger charge is -2.45. The standard InChI is InChI=1S/C15H32N3O2P/c1-12(2)17(13(3)4)21(19,20-11-9-10-16)18(14(5)6)15(7)8/h12-15H,9,11H2,1-8H3. The third-order valence-electron chi connectivity index (χ3n) is 3.17. The van der Waals surface area contributed by atoms with Crippen LogP contribution in [0.4, 0.5) is 0 Å². The molecule has 0 heterocycles. The fourth-order valence-electron chi connectivity index (χ4n) is 2.82. The van der Waals surface area contributed by atoms with Crippen LogP contribution < -0.4 is 0 Å². The van der Waals surface area contributed by atoms with Crippen molar-refractivity contribution in [3.8, 4) is 6.07 Å². The third-order valence-corrected chi connectivity index (χ3v) is 6.71. The summed E-state index contributed by atoms with van der Waals surface area (Å²) in [5.41, 5.74) is 0. The van der Waals surface area contributed by atoms with Gasteiger partial charge in [-0.3, -0.25) is 4.57 Å². The lowest BCUT2D eigenvalue weighted by atomic mass is 10.3. The first-order chi connectivity index (χ1) is 9.59. The molecule has 124 valence electrons. The molecule has 21 heavy (non-hydrogen) atoms. The molecule has 0 radical (unpaired) electrons. The van der Waals surface area contributed by atoms with E-state index in [9.17, 15) is 4.57 Å². The summed E-state index contributed by atoms with van der Waals surface area (Å²) >= 11 is 0. The van der Waals surface area contributed by atoms with Gasteiger partial charge in [-0.25, -0.2) is 9.34 Å². The average molecular weight is 317 g/mol. The van der Waals surface area contributed by atoms with Crippen LogP contribution in [-0.2, 0) is 9.09 Å². The van der Waals surface area contributed by atoms with Gasteiger partial charge in [0.25, 0.3) is 0 Å². The Bertz CT molecular complexity index is 349. The largest absolute Gasteiger partial charge is 0.347 e. The number of rotatable bonds is 9. The summed E-state index contributed by atoms with van der Waals surface area (Å²) in [5.74, 6) is 0. The highest BCUT2D eigenvalue weighted by Gasteiger charge is 2.44. The SMILES string of the molecule is CC(C)N(C(C)C)P(=O)(OCCC#N)N(C(C)C)C(C)C. The molecule has 0 aliphatic heterocycles. The maximum atomic E-state index is 13.8. The normalized spacial score (nSPS) is 13.2. The summed E-state index contributed by atoms with van der Waals surface area (Å²) in [6, 6.07) is 2.43. The first-order valence-electron chi connectivity index (χ1n) is 7.78. The van der Waals surface area contributed by atoms with E-state index >= 15 is 0 Å². The predicted molar refractivity (Wildman–Crippen MR) is 88.0 cm³/mol. The molecule has 0 saturated heterocycles. The predicted octanol–water partition coefficient (Wildman–Crippen LogP) is 4.26. The van der Waals surface area contributed by atoms with Gasteiger partial charge in [0.15, 0.2) is 0 Å². The lowest BCUT2D eigenvalue weighted by Crippen LogP contribution is -2.45. The minimum atomic E-state index is -3.18. The molecule has 0 aromatic rings. The molecule has 0 aliphatic carbocycles. The van der Waals surface area contributed by atoms with Gasteiger partial charge in [-0.1, -0.05) is 0 Å². The Morgan fingerprint density at radius 2 is 1.24 bits per heavy atom. The van der Waals surface area contributed by atoms with Crippen molar-refractivity contribution in [2.24, 2.45) is 0 Å². The van der Waals surface area contributed by atoms with E-state index in [2.05, 4.69) is 6.07 Å². The van der Waals surface area contributed by atoms with Gasteiger partial charge in [0.05, 0.1) is 19.1 Å². The fraction of sp³-hybridized carbons (Fsp3) is 0.933. The molecule has 0 atom stereocenters. The van der Waals surface area contributed by atoms with Gasteiger partial charge in [0, 0.05) is 24.2 Å². The topological polar surface area (TPSA) is 56.6 Å². The quantitative estimate of drug-likeness (QED) is 0.470. The summed E-state index contributed by atoms with van der Waals surface area (Å²) in [6.45, 7) is 16.4. The van der Waals surface area contributed by atoms with Crippen molar-refractivity contribution in [1.82, 2.24) is 9.34 Å². The van der Waals surface area contributed by atoms with Gasteiger partial charge in [-0.2, -0.15) is 5.26 Å². The molecule has 0 N–H and O–H groups in total. The summed E-state index contributed by atoms with van der Waals surface area (Å²) < 4.78 is 23.5. The number of hydrogen-bond donors (Lipinski definition) is 0. The second-order valence-corrected chi connectivity index (χ2v) is 8.53. The molecule has 0 rings (SSSR count). The van der Waals surface area contributed by atoms with E-state index in [1.165, 1.54) is 0 Å². The summed E-state index contributed by atoms with van der Waals surface area (Å²) in [6.07, 6.45) is 0.248. The van der Waals surface area contributed by atoms with Crippen molar-refractivity contribution in [1.29, 1.82) is 5.26 Å². The first-order valence-corrected chi connectivity index (χ1v) is 9.31. The zero-order valence-electron chi connectivity index (χ0n) is 14.8. The summed E-state index contributed by atoms with van der Waals surface area (Å²) in [5, 5.41) is 8.73. The molecule has 0 bridgehead atoms. The Labute approximate surface area is 130 Å².